The summed E-state index contributed by atoms with van der Waals surface area (Å²) in [6.45, 7) is 2.33. The van der Waals surface area contributed by atoms with Gasteiger partial charge in [-0.1, -0.05) is 0 Å². The molecule has 0 aliphatic carbocycles. The fraction of sp³-hybridized carbons (Fsp3) is 0.200. The summed E-state index contributed by atoms with van der Waals surface area (Å²) in [6.07, 6.45) is 0. The third-order valence-electron chi connectivity index (χ3n) is 3.95. The topological polar surface area (TPSA) is 69.7 Å². The number of carbonyl (C=O) groups is 1. The van der Waals surface area contributed by atoms with Crippen molar-refractivity contribution in [1.29, 1.82) is 0 Å². The molecular weight excluding hydrogens is 463 g/mol. The van der Waals surface area contributed by atoms with Gasteiger partial charge in [0.2, 0.25) is 0 Å². The Morgan fingerprint density at radius 2 is 1.97 bits per heavy atom. The molecule has 0 fully saturated rings. The SMILES string of the molecule is CCOc1c(Br)cc(C(=O)Nc2nc(-c3ccc(OC)c(F)c3)cs2)cc1OC. The van der Waals surface area contributed by atoms with Crippen molar-refractivity contribution < 1.29 is 23.4 Å². The van der Waals surface area contributed by atoms with Crippen molar-refractivity contribution in [2.45, 2.75) is 6.92 Å². The first-order valence-electron chi connectivity index (χ1n) is 8.58. The third kappa shape index (κ3) is 4.68. The fourth-order valence-corrected chi connectivity index (χ4v) is 3.87. The van der Waals surface area contributed by atoms with Crippen LogP contribution >= 0.6 is 27.3 Å². The summed E-state index contributed by atoms with van der Waals surface area (Å²) < 4.78 is 30.3. The quantitative estimate of drug-likeness (QED) is 0.491. The fourth-order valence-electron chi connectivity index (χ4n) is 2.59. The Morgan fingerprint density at radius 3 is 2.62 bits per heavy atom. The van der Waals surface area contributed by atoms with Gasteiger partial charge < -0.3 is 14.2 Å². The lowest BCUT2D eigenvalue weighted by atomic mass is 10.1. The van der Waals surface area contributed by atoms with E-state index in [9.17, 15) is 9.18 Å². The highest BCUT2D eigenvalue weighted by molar-refractivity contribution is 9.10. The predicted octanol–water partition coefficient (Wildman–Crippen LogP) is 5.38. The number of anilines is 1. The van der Waals surface area contributed by atoms with Crippen molar-refractivity contribution in [3.8, 4) is 28.5 Å². The van der Waals surface area contributed by atoms with Gasteiger partial charge in [-0.2, -0.15) is 0 Å². The van der Waals surface area contributed by atoms with Gasteiger partial charge in [0.25, 0.3) is 5.91 Å². The molecule has 1 N–H and O–H groups in total. The van der Waals surface area contributed by atoms with Gasteiger partial charge >= 0.3 is 0 Å². The number of aromatic nitrogens is 1. The Kier molecular flexibility index (Phi) is 6.71. The molecule has 0 bridgehead atoms. The number of hydrogen-bond acceptors (Lipinski definition) is 6. The molecule has 0 spiro atoms. The van der Waals surface area contributed by atoms with Crippen LogP contribution in [-0.4, -0.2) is 31.7 Å². The Hall–Kier alpha value is -2.65. The summed E-state index contributed by atoms with van der Waals surface area (Å²) in [6, 6.07) is 7.82. The number of ether oxygens (including phenoxy) is 3. The van der Waals surface area contributed by atoms with Crippen LogP contribution in [0.2, 0.25) is 0 Å². The number of rotatable bonds is 7. The van der Waals surface area contributed by atoms with Crippen LogP contribution in [-0.2, 0) is 0 Å². The molecule has 29 heavy (non-hydrogen) atoms. The molecule has 6 nitrogen and oxygen atoms in total. The standard InChI is InChI=1S/C20H18BrFN2O4S/c1-4-28-18-13(21)7-12(9-17(18)27-3)19(25)24-20-23-15(10-29-20)11-5-6-16(26-2)14(22)8-11/h5-10H,4H2,1-3H3,(H,23,24,25). The molecule has 1 aromatic heterocycles. The first kappa shape index (κ1) is 21.1. The number of hydrogen-bond donors (Lipinski definition) is 1. The minimum absolute atomic E-state index is 0.160. The highest BCUT2D eigenvalue weighted by Crippen LogP contribution is 2.37. The molecule has 152 valence electrons. The predicted molar refractivity (Wildman–Crippen MR) is 114 cm³/mol. The number of thiazole rings is 1. The number of carbonyl (C=O) groups excluding carboxylic acids is 1. The van der Waals surface area contributed by atoms with Gasteiger partial charge in [0.15, 0.2) is 28.2 Å². The van der Waals surface area contributed by atoms with E-state index in [4.69, 9.17) is 14.2 Å². The number of halogens is 2. The maximum atomic E-state index is 13.9. The molecule has 3 aromatic rings. The van der Waals surface area contributed by atoms with Crippen LogP contribution in [0.1, 0.15) is 17.3 Å². The second-order valence-corrected chi connectivity index (χ2v) is 7.48. The van der Waals surface area contributed by atoms with Gasteiger partial charge in [0, 0.05) is 16.5 Å². The minimum Gasteiger partial charge on any atom is -0.494 e. The van der Waals surface area contributed by atoms with Crippen LogP contribution in [0.3, 0.4) is 0 Å². The molecule has 0 saturated carbocycles. The van der Waals surface area contributed by atoms with Crippen LogP contribution in [0.15, 0.2) is 40.2 Å². The summed E-state index contributed by atoms with van der Waals surface area (Å²) in [5, 5.41) is 4.88. The lowest BCUT2D eigenvalue weighted by Gasteiger charge is -2.13. The number of benzene rings is 2. The molecule has 0 radical (unpaired) electrons. The second-order valence-electron chi connectivity index (χ2n) is 5.76. The van der Waals surface area contributed by atoms with E-state index >= 15 is 0 Å². The number of nitrogens with zero attached hydrogens (tertiary/aromatic N) is 1. The van der Waals surface area contributed by atoms with E-state index in [0.29, 0.717) is 44.5 Å². The summed E-state index contributed by atoms with van der Waals surface area (Å²) >= 11 is 4.65. The van der Waals surface area contributed by atoms with E-state index < -0.39 is 5.82 Å². The van der Waals surface area contributed by atoms with Crippen LogP contribution in [0.25, 0.3) is 11.3 Å². The minimum atomic E-state index is -0.477. The Balaban J connectivity index is 1.80. The van der Waals surface area contributed by atoms with Gasteiger partial charge in [0.1, 0.15) is 0 Å². The lowest BCUT2D eigenvalue weighted by molar-refractivity contribution is 0.102. The molecule has 0 aliphatic heterocycles. The molecule has 0 aliphatic rings. The van der Waals surface area contributed by atoms with E-state index in [1.54, 1.807) is 23.6 Å². The van der Waals surface area contributed by atoms with Crippen LogP contribution < -0.4 is 19.5 Å². The number of amides is 1. The number of methoxy groups -OCH3 is 2. The smallest absolute Gasteiger partial charge is 0.257 e. The lowest BCUT2D eigenvalue weighted by Crippen LogP contribution is -2.12. The van der Waals surface area contributed by atoms with Gasteiger partial charge in [-0.15, -0.1) is 11.3 Å². The zero-order chi connectivity index (χ0) is 21.0. The van der Waals surface area contributed by atoms with Crippen molar-refractivity contribution in [1.82, 2.24) is 4.98 Å². The number of nitrogens with one attached hydrogen (secondary N) is 1. The maximum Gasteiger partial charge on any atom is 0.257 e. The van der Waals surface area contributed by atoms with E-state index in [0.717, 1.165) is 0 Å². The normalized spacial score (nSPS) is 10.5. The molecule has 1 heterocycles. The zero-order valence-electron chi connectivity index (χ0n) is 15.9. The molecule has 0 saturated heterocycles. The van der Waals surface area contributed by atoms with Crippen LogP contribution in [0, 0.1) is 5.82 Å². The van der Waals surface area contributed by atoms with E-state index in [1.165, 1.54) is 37.7 Å². The van der Waals surface area contributed by atoms with Crippen LogP contribution in [0.4, 0.5) is 9.52 Å². The first-order chi connectivity index (χ1) is 14.0. The summed E-state index contributed by atoms with van der Waals surface area (Å²) in [7, 11) is 2.91. The van der Waals surface area contributed by atoms with Crippen molar-refractivity contribution in [2.24, 2.45) is 0 Å². The Bertz CT molecular complexity index is 1040. The first-order valence-corrected chi connectivity index (χ1v) is 10.2. The molecule has 3 rings (SSSR count). The Labute approximate surface area is 179 Å². The molecule has 0 unspecified atom stereocenters. The van der Waals surface area contributed by atoms with Crippen molar-refractivity contribution >= 4 is 38.3 Å². The van der Waals surface area contributed by atoms with Gasteiger partial charge in [-0.05, 0) is 53.2 Å². The molecule has 2 aromatic carbocycles. The Morgan fingerprint density at radius 1 is 1.21 bits per heavy atom. The van der Waals surface area contributed by atoms with Crippen molar-refractivity contribution in [3.63, 3.8) is 0 Å². The monoisotopic (exact) mass is 480 g/mol. The highest BCUT2D eigenvalue weighted by Gasteiger charge is 2.17. The third-order valence-corrected chi connectivity index (χ3v) is 5.30. The largest absolute Gasteiger partial charge is 0.494 e. The van der Waals surface area contributed by atoms with Crippen LogP contribution in [0.5, 0.6) is 17.2 Å². The van der Waals surface area contributed by atoms with E-state index in [1.807, 2.05) is 6.92 Å². The average molecular weight is 481 g/mol. The van der Waals surface area contributed by atoms with Gasteiger partial charge in [0.05, 0.1) is 31.0 Å². The zero-order valence-corrected chi connectivity index (χ0v) is 18.3. The highest BCUT2D eigenvalue weighted by atomic mass is 79.9. The molecular formula is C20H18BrFN2O4S. The molecule has 1 amide bonds. The molecule has 0 atom stereocenters. The maximum absolute atomic E-state index is 13.9. The second kappa shape index (κ2) is 9.23. The molecule has 9 heteroatoms. The van der Waals surface area contributed by atoms with E-state index in [-0.39, 0.29) is 11.7 Å². The van der Waals surface area contributed by atoms with Gasteiger partial charge in [-0.25, -0.2) is 9.37 Å². The summed E-state index contributed by atoms with van der Waals surface area (Å²) in [5.41, 5.74) is 1.52. The average Bonchev–Trinajstić information content (AvgIpc) is 3.17. The van der Waals surface area contributed by atoms with Crippen molar-refractivity contribution in [2.75, 3.05) is 26.1 Å². The summed E-state index contributed by atoms with van der Waals surface area (Å²) in [5.74, 6) is 0.306. The van der Waals surface area contributed by atoms with Gasteiger partial charge in [-0.3, -0.25) is 10.1 Å². The van der Waals surface area contributed by atoms with Crippen molar-refractivity contribution in [3.05, 3.63) is 51.6 Å². The van der Waals surface area contributed by atoms with E-state index in [2.05, 4.69) is 26.2 Å². The summed E-state index contributed by atoms with van der Waals surface area (Å²) in [4.78, 5) is 17.0.